The molecule has 22 heavy (non-hydrogen) atoms. The predicted octanol–water partition coefficient (Wildman–Crippen LogP) is 1.83. The van der Waals surface area contributed by atoms with E-state index in [9.17, 15) is 14.4 Å². The lowest BCUT2D eigenvalue weighted by molar-refractivity contribution is -0.141. The standard InChI is InChI=1S/C16H20N2O4/c1-8-13-11(3-2-4-12(13)19)18-14(8)15(20)17-10-6-5-9(7-10)16(21)22/h9-10,18H,2-7H2,1H3,(H,17,20)(H,21,22)/t9-,10+/m1/s1. The molecule has 2 aliphatic rings. The van der Waals surface area contributed by atoms with Crippen LogP contribution in [0.2, 0.25) is 0 Å². The van der Waals surface area contributed by atoms with Crippen molar-refractivity contribution in [2.75, 3.05) is 0 Å². The Labute approximate surface area is 128 Å². The molecule has 3 rings (SSSR count). The molecule has 0 saturated heterocycles. The number of hydrogen-bond donors (Lipinski definition) is 3. The van der Waals surface area contributed by atoms with Gasteiger partial charge in [0.2, 0.25) is 0 Å². The number of ketones is 1. The van der Waals surface area contributed by atoms with Crippen molar-refractivity contribution in [3.05, 3.63) is 22.5 Å². The van der Waals surface area contributed by atoms with Gasteiger partial charge in [0.05, 0.1) is 5.92 Å². The Kier molecular flexibility index (Phi) is 3.76. The van der Waals surface area contributed by atoms with E-state index in [4.69, 9.17) is 5.11 Å². The number of hydrogen-bond acceptors (Lipinski definition) is 3. The van der Waals surface area contributed by atoms with Gasteiger partial charge in [0, 0.05) is 23.7 Å². The van der Waals surface area contributed by atoms with Crippen molar-refractivity contribution in [1.29, 1.82) is 0 Å². The number of nitrogens with one attached hydrogen (secondary N) is 2. The van der Waals surface area contributed by atoms with Gasteiger partial charge < -0.3 is 15.4 Å². The zero-order valence-electron chi connectivity index (χ0n) is 12.6. The number of fused-ring (bicyclic) bond motifs is 1. The molecular formula is C16H20N2O4. The van der Waals surface area contributed by atoms with Crippen LogP contribution in [0.5, 0.6) is 0 Å². The lowest BCUT2D eigenvalue weighted by Crippen LogP contribution is -2.34. The van der Waals surface area contributed by atoms with Gasteiger partial charge in [0.25, 0.3) is 5.91 Å². The Morgan fingerprint density at radius 2 is 2.05 bits per heavy atom. The molecule has 0 unspecified atom stereocenters. The molecule has 0 radical (unpaired) electrons. The largest absolute Gasteiger partial charge is 0.481 e. The summed E-state index contributed by atoms with van der Waals surface area (Å²) < 4.78 is 0. The first-order valence-corrected chi connectivity index (χ1v) is 7.75. The molecule has 0 aromatic carbocycles. The Bertz CT molecular complexity index is 647. The molecule has 0 aliphatic heterocycles. The van der Waals surface area contributed by atoms with Gasteiger partial charge in [-0.1, -0.05) is 0 Å². The highest BCUT2D eigenvalue weighted by Crippen LogP contribution is 2.28. The molecule has 6 nitrogen and oxygen atoms in total. The highest BCUT2D eigenvalue weighted by atomic mass is 16.4. The second-order valence-electron chi connectivity index (χ2n) is 6.27. The second-order valence-corrected chi connectivity index (χ2v) is 6.27. The molecule has 6 heteroatoms. The van der Waals surface area contributed by atoms with Crippen LogP contribution in [0.15, 0.2) is 0 Å². The van der Waals surface area contributed by atoms with Crippen LogP contribution in [0.25, 0.3) is 0 Å². The number of rotatable bonds is 3. The van der Waals surface area contributed by atoms with Crippen molar-refractivity contribution in [3.63, 3.8) is 0 Å². The van der Waals surface area contributed by atoms with Gasteiger partial charge >= 0.3 is 5.97 Å². The quantitative estimate of drug-likeness (QED) is 0.793. The number of carbonyl (C=O) groups excluding carboxylic acids is 2. The number of aryl methyl sites for hydroxylation is 1. The third-order valence-electron chi connectivity index (χ3n) is 4.78. The van der Waals surface area contributed by atoms with Crippen molar-refractivity contribution in [1.82, 2.24) is 10.3 Å². The SMILES string of the molecule is Cc1c(C(=O)N[C@H]2CC[C@@H](C(=O)O)C2)[nH]c2c1C(=O)CCC2. The van der Waals surface area contributed by atoms with E-state index in [1.807, 2.05) is 0 Å². The Balaban J connectivity index is 1.74. The van der Waals surface area contributed by atoms with Gasteiger partial charge in [0.15, 0.2) is 5.78 Å². The Hall–Kier alpha value is -2.11. The van der Waals surface area contributed by atoms with Crippen LogP contribution in [-0.4, -0.2) is 33.8 Å². The number of carbonyl (C=O) groups is 3. The maximum Gasteiger partial charge on any atom is 0.306 e. The number of aromatic nitrogens is 1. The zero-order valence-corrected chi connectivity index (χ0v) is 12.6. The topological polar surface area (TPSA) is 99.3 Å². The number of carboxylic acids is 1. The monoisotopic (exact) mass is 304 g/mol. The molecule has 2 aliphatic carbocycles. The van der Waals surface area contributed by atoms with Gasteiger partial charge in [-0.05, 0) is 44.6 Å². The summed E-state index contributed by atoms with van der Waals surface area (Å²) in [6.07, 6.45) is 3.89. The van der Waals surface area contributed by atoms with Crippen molar-refractivity contribution in [3.8, 4) is 0 Å². The minimum absolute atomic E-state index is 0.0980. The highest BCUT2D eigenvalue weighted by molar-refractivity contribution is 6.04. The molecule has 2 atom stereocenters. The molecule has 1 aromatic heterocycles. The molecule has 1 heterocycles. The Morgan fingerprint density at radius 1 is 1.27 bits per heavy atom. The van der Waals surface area contributed by atoms with Crippen LogP contribution >= 0.6 is 0 Å². The summed E-state index contributed by atoms with van der Waals surface area (Å²) in [5.41, 5.74) is 2.68. The first kappa shape index (κ1) is 14.8. The molecule has 3 N–H and O–H groups in total. The van der Waals surface area contributed by atoms with Crippen LogP contribution in [-0.2, 0) is 11.2 Å². The molecule has 1 saturated carbocycles. The van der Waals surface area contributed by atoms with E-state index in [0.717, 1.165) is 18.5 Å². The van der Waals surface area contributed by atoms with Crippen LogP contribution in [0.1, 0.15) is 64.2 Å². The maximum absolute atomic E-state index is 12.4. The first-order valence-electron chi connectivity index (χ1n) is 7.75. The van der Waals surface area contributed by atoms with Crippen LogP contribution in [0.3, 0.4) is 0 Å². The van der Waals surface area contributed by atoms with E-state index in [1.165, 1.54) is 0 Å². The number of Topliss-reactive ketones (excluding diaryl/α,β-unsaturated/α-hetero) is 1. The van der Waals surface area contributed by atoms with Gasteiger partial charge in [-0.3, -0.25) is 14.4 Å². The van der Waals surface area contributed by atoms with Crippen LogP contribution < -0.4 is 5.32 Å². The lowest BCUT2D eigenvalue weighted by Gasteiger charge is -2.12. The molecule has 1 aromatic rings. The number of aromatic amines is 1. The minimum Gasteiger partial charge on any atom is -0.481 e. The summed E-state index contributed by atoms with van der Waals surface area (Å²) in [4.78, 5) is 38.5. The van der Waals surface area contributed by atoms with E-state index in [0.29, 0.717) is 42.5 Å². The molecular weight excluding hydrogens is 284 g/mol. The van der Waals surface area contributed by atoms with Gasteiger partial charge in [-0.25, -0.2) is 0 Å². The van der Waals surface area contributed by atoms with E-state index in [1.54, 1.807) is 6.92 Å². The van der Waals surface area contributed by atoms with Crippen LogP contribution in [0, 0.1) is 12.8 Å². The van der Waals surface area contributed by atoms with Crippen molar-refractivity contribution >= 4 is 17.7 Å². The van der Waals surface area contributed by atoms with Crippen LogP contribution in [0.4, 0.5) is 0 Å². The van der Waals surface area contributed by atoms with Gasteiger partial charge in [0.1, 0.15) is 5.69 Å². The molecule has 1 amide bonds. The average molecular weight is 304 g/mol. The van der Waals surface area contributed by atoms with E-state index < -0.39 is 5.97 Å². The maximum atomic E-state index is 12.4. The van der Waals surface area contributed by atoms with E-state index in [2.05, 4.69) is 10.3 Å². The fourth-order valence-electron chi connectivity index (χ4n) is 3.60. The average Bonchev–Trinajstić information content (AvgIpc) is 3.05. The summed E-state index contributed by atoms with van der Waals surface area (Å²) >= 11 is 0. The summed E-state index contributed by atoms with van der Waals surface area (Å²) in [7, 11) is 0. The highest BCUT2D eigenvalue weighted by Gasteiger charge is 2.32. The zero-order chi connectivity index (χ0) is 15.9. The number of H-pyrrole nitrogens is 1. The number of carboxylic acid groups (broad SMARTS) is 1. The normalized spacial score (nSPS) is 24.1. The molecule has 1 fully saturated rings. The molecule has 0 spiro atoms. The fraction of sp³-hybridized carbons (Fsp3) is 0.562. The predicted molar refractivity (Wildman–Crippen MR) is 79.0 cm³/mol. The van der Waals surface area contributed by atoms with Crippen molar-refractivity contribution < 1.29 is 19.5 Å². The van der Waals surface area contributed by atoms with E-state index >= 15 is 0 Å². The summed E-state index contributed by atoms with van der Waals surface area (Å²) in [5.74, 6) is -1.31. The summed E-state index contributed by atoms with van der Waals surface area (Å²) in [5, 5.41) is 11.9. The fourth-order valence-corrected chi connectivity index (χ4v) is 3.60. The summed E-state index contributed by atoms with van der Waals surface area (Å²) in [6, 6.07) is -0.107. The van der Waals surface area contributed by atoms with Crippen molar-refractivity contribution in [2.24, 2.45) is 5.92 Å². The third-order valence-corrected chi connectivity index (χ3v) is 4.78. The number of aliphatic carboxylic acids is 1. The second kappa shape index (κ2) is 5.59. The lowest BCUT2D eigenvalue weighted by atomic mass is 9.94. The molecule has 0 bridgehead atoms. The van der Waals surface area contributed by atoms with Crippen molar-refractivity contribution in [2.45, 2.75) is 51.5 Å². The van der Waals surface area contributed by atoms with Gasteiger partial charge in [-0.15, -0.1) is 0 Å². The van der Waals surface area contributed by atoms with E-state index in [-0.39, 0.29) is 23.7 Å². The first-order chi connectivity index (χ1) is 10.5. The van der Waals surface area contributed by atoms with Gasteiger partial charge in [-0.2, -0.15) is 0 Å². The molecule has 118 valence electrons. The minimum atomic E-state index is -0.797. The Morgan fingerprint density at radius 3 is 2.68 bits per heavy atom. The smallest absolute Gasteiger partial charge is 0.306 e. The number of amides is 1. The summed E-state index contributed by atoms with van der Waals surface area (Å²) in [6.45, 7) is 1.79. The third kappa shape index (κ3) is 2.53.